The molecule has 0 radical (unpaired) electrons. The Hall–Kier alpha value is -4.25. The number of unbranched alkanes of at least 4 members (excludes halogenated alkanes) is 1. The minimum absolute atomic E-state index is 0.145. The number of esters is 1. The average molecular weight is 428 g/mol. The van der Waals surface area contributed by atoms with Crippen LogP contribution in [0.1, 0.15) is 41.3 Å². The quantitative estimate of drug-likeness (QED) is 0.275. The topological polar surface area (TPSA) is 106 Å². The van der Waals surface area contributed by atoms with Gasteiger partial charge in [0.2, 0.25) is 0 Å². The van der Waals surface area contributed by atoms with Gasteiger partial charge in [-0.1, -0.05) is 19.4 Å². The van der Waals surface area contributed by atoms with E-state index in [4.69, 9.17) is 4.74 Å². The minimum Gasteiger partial charge on any atom is -0.462 e. The summed E-state index contributed by atoms with van der Waals surface area (Å²) in [6.45, 7) is 4.16. The summed E-state index contributed by atoms with van der Waals surface area (Å²) < 4.78 is 7.84. The molecule has 0 unspecified atom stereocenters. The lowest BCUT2D eigenvalue weighted by atomic mass is 10.1. The molecule has 3 aromatic heterocycles. The van der Waals surface area contributed by atoms with Crippen LogP contribution >= 0.6 is 0 Å². The highest BCUT2D eigenvalue weighted by Gasteiger charge is 2.17. The first-order valence-electron chi connectivity index (χ1n) is 10.2. The summed E-state index contributed by atoms with van der Waals surface area (Å²) in [6, 6.07) is 12.9. The van der Waals surface area contributed by atoms with Gasteiger partial charge in [0, 0.05) is 6.20 Å². The number of pyridine rings is 2. The highest BCUT2D eigenvalue weighted by molar-refractivity contribution is 5.89. The molecule has 160 valence electrons. The Bertz CT molecular complexity index is 1510. The SMILES string of the molecule is CCCCOC(=O)c1ccc(-n2c(=O)c(C#N)cc3c(=O)n4cccc(C)c4nc32)cc1. The van der Waals surface area contributed by atoms with E-state index >= 15 is 0 Å². The van der Waals surface area contributed by atoms with Crippen molar-refractivity contribution in [1.82, 2.24) is 14.0 Å². The average Bonchev–Trinajstić information content (AvgIpc) is 2.80. The Morgan fingerprint density at radius 3 is 2.56 bits per heavy atom. The van der Waals surface area contributed by atoms with Crippen LogP contribution in [-0.4, -0.2) is 26.5 Å². The molecule has 32 heavy (non-hydrogen) atoms. The van der Waals surface area contributed by atoms with Gasteiger partial charge in [0.15, 0.2) is 5.65 Å². The molecule has 0 fully saturated rings. The minimum atomic E-state index is -0.594. The van der Waals surface area contributed by atoms with Gasteiger partial charge >= 0.3 is 5.97 Å². The van der Waals surface area contributed by atoms with Gasteiger partial charge in [-0.15, -0.1) is 0 Å². The van der Waals surface area contributed by atoms with Crippen molar-refractivity contribution in [3.63, 3.8) is 0 Å². The zero-order valence-electron chi connectivity index (χ0n) is 17.7. The van der Waals surface area contributed by atoms with Crippen molar-refractivity contribution in [1.29, 1.82) is 5.26 Å². The summed E-state index contributed by atoms with van der Waals surface area (Å²) in [5, 5.41) is 9.61. The molecule has 0 bridgehead atoms. The number of aryl methyl sites for hydroxylation is 1. The molecule has 0 N–H and O–H groups in total. The number of hydrogen-bond donors (Lipinski definition) is 0. The van der Waals surface area contributed by atoms with Gasteiger partial charge in [-0.25, -0.2) is 9.78 Å². The lowest BCUT2D eigenvalue weighted by Gasteiger charge is -2.12. The summed E-state index contributed by atoms with van der Waals surface area (Å²) in [7, 11) is 0. The number of rotatable bonds is 5. The predicted octanol–water partition coefficient (Wildman–Crippen LogP) is 3.14. The number of fused-ring (bicyclic) bond motifs is 2. The highest BCUT2D eigenvalue weighted by atomic mass is 16.5. The summed E-state index contributed by atoms with van der Waals surface area (Å²) in [5.74, 6) is -0.453. The van der Waals surface area contributed by atoms with E-state index in [9.17, 15) is 19.6 Å². The molecule has 4 aromatic rings. The number of benzene rings is 1. The molecule has 0 saturated carbocycles. The fraction of sp³-hybridized carbons (Fsp3) is 0.208. The third kappa shape index (κ3) is 3.54. The first-order valence-corrected chi connectivity index (χ1v) is 10.2. The molecule has 0 aliphatic heterocycles. The summed E-state index contributed by atoms with van der Waals surface area (Å²) in [5.41, 5.74) is 0.899. The van der Waals surface area contributed by atoms with Crippen molar-refractivity contribution < 1.29 is 9.53 Å². The Labute approximate surface area is 182 Å². The van der Waals surface area contributed by atoms with Crippen LogP contribution in [-0.2, 0) is 4.74 Å². The largest absolute Gasteiger partial charge is 0.462 e. The van der Waals surface area contributed by atoms with Crippen LogP contribution in [0.25, 0.3) is 22.4 Å². The molecule has 0 spiro atoms. The fourth-order valence-electron chi connectivity index (χ4n) is 3.48. The molecular formula is C24H20N4O4. The van der Waals surface area contributed by atoms with E-state index in [1.165, 1.54) is 15.0 Å². The van der Waals surface area contributed by atoms with Gasteiger partial charge in [-0.2, -0.15) is 5.26 Å². The summed E-state index contributed by atoms with van der Waals surface area (Å²) >= 11 is 0. The molecular weight excluding hydrogens is 408 g/mol. The summed E-state index contributed by atoms with van der Waals surface area (Å²) in [6.07, 6.45) is 3.29. The van der Waals surface area contributed by atoms with E-state index in [1.807, 2.05) is 26.0 Å². The number of hydrogen-bond acceptors (Lipinski definition) is 6. The maximum absolute atomic E-state index is 13.1. The standard InChI is InChI=1S/C24H20N4O4/c1-3-4-12-32-24(31)16-7-9-18(10-8-16)28-21-19(13-17(14-25)22(28)29)23(30)27-11-5-6-15(2)20(27)26-21/h5-11,13H,3-4,12H2,1-2H3. The fourth-order valence-corrected chi connectivity index (χ4v) is 3.48. The number of carbonyl (C=O) groups is 1. The van der Waals surface area contributed by atoms with Gasteiger partial charge in [-0.05, 0) is 55.3 Å². The third-order valence-corrected chi connectivity index (χ3v) is 5.21. The Morgan fingerprint density at radius 1 is 1.12 bits per heavy atom. The van der Waals surface area contributed by atoms with Crippen molar-refractivity contribution in [3.05, 3.63) is 86.1 Å². The molecule has 0 amide bonds. The Kier molecular flexibility index (Phi) is 5.56. The second kappa shape index (κ2) is 8.47. The van der Waals surface area contributed by atoms with E-state index in [2.05, 4.69) is 4.98 Å². The lowest BCUT2D eigenvalue weighted by Crippen LogP contribution is -2.26. The molecule has 4 rings (SSSR count). The second-order valence-electron chi connectivity index (χ2n) is 7.39. The van der Waals surface area contributed by atoms with E-state index in [1.54, 1.807) is 36.5 Å². The maximum atomic E-state index is 13.1. The van der Waals surface area contributed by atoms with Crippen molar-refractivity contribution in [2.45, 2.75) is 26.7 Å². The molecule has 0 saturated heterocycles. The Balaban J connectivity index is 1.93. The van der Waals surface area contributed by atoms with E-state index in [0.717, 1.165) is 18.4 Å². The van der Waals surface area contributed by atoms with Crippen molar-refractivity contribution in [3.8, 4) is 11.8 Å². The molecule has 0 atom stereocenters. The van der Waals surface area contributed by atoms with Crippen LogP contribution in [0, 0.1) is 18.3 Å². The number of nitriles is 1. The molecule has 8 nitrogen and oxygen atoms in total. The van der Waals surface area contributed by atoms with Gasteiger partial charge in [0.25, 0.3) is 11.1 Å². The molecule has 0 aliphatic carbocycles. The van der Waals surface area contributed by atoms with Crippen LogP contribution in [0.4, 0.5) is 0 Å². The van der Waals surface area contributed by atoms with Crippen LogP contribution in [0.5, 0.6) is 0 Å². The molecule has 0 aliphatic rings. The first-order chi connectivity index (χ1) is 15.5. The van der Waals surface area contributed by atoms with Crippen LogP contribution in [0.3, 0.4) is 0 Å². The van der Waals surface area contributed by atoms with E-state index < -0.39 is 11.5 Å². The highest BCUT2D eigenvalue weighted by Crippen LogP contribution is 2.17. The molecule has 8 heteroatoms. The van der Waals surface area contributed by atoms with Crippen molar-refractivity contribution in [2.75, 3.05) is 6.61 Å². The molecule has 3 heterocycles. The number of aromatic nitrogens is 3. The normalized spacial score (nSPS) is 10.9. The maximum Gasteiger partial charge on any atom is 0.338 e. The van der Waals surface area contributed by atoms with Gasteiger partial charge in [-0.3, -0.25) is 18.6 Å². The monoisotopic (exact) mass is 428 g/mol. The van der Waals surface area contributed by atoms with E-state index in [-0.39, 0.29) is 22.2 Å². The third-order valence-electron chi connectivity index (χ3n) is 5.21. The summed E-state index contributed by atoms with van der Waals surface area (Å²) in [4.78, 5) is 42.9. The second-order valence-corrected chi connectivity index (χ2v) is 7.39. The number of carbonyl (C=O) groups excluding carboxylic acids is 1. The first kappa shape index (κ1) is 21.0. The van der Waals surface area contributed by atoms with Gasteiger partial charge in [0.1, 0.15) is 17.3 Å². The van der Waals surface area contributed by atoms with Crippen molar-refractivity contribution >= 4 is 22.6 Å². The lowest BCUT2D eigenvalue weighted by molar-refractivity contribution is 0.0500. The number of ether oxygens (including phenoxy) is 1. The predicted molar refractivity (Wildman–Crippen MR) is 119 cm³/mol. The Morgan fingerprint density at radius 2 is 1.88 bits per heavy atom. The van der Waals surface area contributed by atoms with Gasteiger partial charge in [0.05, 0.1) is 23.2 Å². The smallest absolute Gasteiger partial charge is 0.338 e. The van der Waals surface area contributed by atoms with Gasteiger partial charge < -0.3 is 4.74 Å². The zero-order chi connectivity index (χ0) is 22.8. The molecule has 1 aromatic carbocycles. The van der Waals surface area contributed by atoms with E-state index in [0.29, 0.717) is 23.5 Å². The number of nitrogens with zero attached hydrogens (tertiary/aromatic N) is 4. The van der Waals surface area contributed by atoms with Crippen LogP contribution in [0.2, 0.25) is 0 Å². The van der Waals surface area contributed by atoms with Crippen LogP contribution in [0.15, 0.2) is 58.3 Å². The van der Waals surface area contributed by atoms with Crippen molar-refractivity contribution in [2.24, 2.45) is 0 Å². The zero-order valence-corrected chi connectivity index (χ0v) is 17.7. The van der Waals surface area contributed by atoms with Crippen LogP contribution < -0.4 is 11.1 Å².